The number of benzene rings is 1. The van der Waals surface area contributed by atoms with Crippen LogP contribution in [0.5, 0.6) is 0 Å². The molecule has 0 spiro atoms. The minimum atomic E-state index is -0.937. The number of nitrogens with zero attached hydrogens (tertiary/aromatic N) is 2. The first-order valence-electron chi connectivity index (χ1n) is 10.5. The van der Waals surface area contributed by atoms with Gasteiger partial charge in [0, 0.05) is 49.9 Å². The fourth-order valence-corrected chi connectivity index (χ4v) is 4.68. The van der Waals surface area contributed by atoms with E-state index in [0.717, 1.165) is 24.2 Å². The molecule has 1 atom stereocenters. The number of hydrogen-bond donors (Lipinski definition) is 1. The first kappa shape index (κ1) is 21.4. The van der Waals surface area contributed by atoms with E-state index < -0.39 is 5.60 Å². The Kier molecular flexibility index (Phi) is 6.92. The number of carbonyl (C=O) groups is 1. The highest BCUT2D eigenvalue weighted by molar-refractivity contribution is 7.13. The van der Waals surface area contributed by atoms with Crippen molar-refractivity contribution >= 4 is 17.2 Å². The second-order valence-electron chi connectivity index (χ2n) is 7.76. The molecule has 0 unspecified atom stereocenters. The normalized spacial score (nSPS) is 19.1. The Labute approximate surface area is 187 Å². The van der Waals surface area contributed by atoms with Crippen molar-refractivity contribution in [2.24, 2.45) is 0 Å². The van der Waals surface area contributed by atoms with Gasteiger partial charge in [0.2, 0.25) is 0 Å². The lowest BCUT2D eigenvalue weighted by Crippen LogP contribution is -2.61. The second kappa shape index (κ2) is 10.0. The first-order valence-corrected chi connectivity index (χ1v) is 11.3. The Hall–Kier alpha value is -2.80. The minimum absolute atomic E-state index is 0.0920. The summed E-state index contributed by atoms with van der Waals surface area (Å²) in [5.41, 5.74) is 2.46. The highest BCUT2D eigenvalue weighted by atomic mass is 32.1. The zero-order chi connectivity index (χ0) is 21.5. The van der Waals surface area contributed by atoms with Crippen molar-refractivity contribution in [1.82, 2.24) is 15.2 Å². The van der Waals surface area contributed by atoms with Crippen molar-refractivity contribution in [3.8, 4) is 10.4 Å². The van der Waals surface area contributed by atoms with Gasteiger partial charge >= 0.3 is 0 Å². The molecule has 1 aliphatic heterocycles. The number of nitrogens with one attached hydrogen (secondary N) is 1. The van der Waals surface area contributed by atoms with Gasteiger partial charge in [-0.05, 0) is 34.2 Å². The topological polar surface area (TPSA) is 54.5 Å². The standard InChI is InChI=1S/C25H27N3O2S/c1-2-11-27-24(29)25(16-20-7-9-22(10-8-20)23-6-4-15-31-23)19-28(13-14-30-25)18-21-5-3-12-26-17-21/h2-10,12,15,17H,1,11,13-14,16,18-19H2,(H,27,29)/t25-/m1/s1. The molecule has 1 aromatic carbocycles. The number of rotatable bonds is 8. The predicted octanol–water partition coefficient (Wildman–Crippen LogP) is 3.93. The maximum Gasteiger partial charge on any atom is 0.254 e. The molecule has 1 amide bonds. The summed E-state index contributed by atoms with van der Waals surface area (Å²) in [5, 5.41) is 5.04. The lowest BCUT2D eigenvalue weighted by Gasteiger charge is -2.41. The third-order valence-corrected chi connectivity index (χ3v) is 6.38. The van der Waals surface area contributed by atoms with Crippen molar-refractivity contribution in [2.45, 2.75) is 18.6 Å². The van der Waals surface area contributed by atoms with E-state index in [1.165, 1.54) is 10.4 Å². The van der Waals surface area contributed by atoms with Crippen LogP contribution >= 0.6 is 11.3 Å². The van der Waals surface area contributed by atoms with Crippen molar-refractivity contribution in [3.63, 3.8) is 0 Å². The Morgan fingerprint density at radius 1 is 1.23 bits per heavy atom. The lowest BCUT2D eigenvalue weighted by molar-refractivity contribution is -0.160. The van der Waals surface area contributed by atoms with Crippen LogP contribution < -0.4 is 5.32 Å². The molecule has 31 heavy (non-hydrogen) atoms. The average molecular weight is 434 g/mol. The molecule has 1 fully saturated rings. The number of aromatic nitrogens is 1. The molecule has 6 heteroatoms. The zero-order valence-electron chi connectivity index (χ0n) is 17.5. The number of pyridine rings is 1. The van der Waals surface area contributed by atoms with E-state index in [2.05, 4.69) is 69.6 Å². The number of hydrogen-bond acceptors (Lipinski definition) is 5. The van der Waals surface area contributed by atoms with Gasteiger partial charge in [-0.1, -0.05) is 42.5 Å². The molecule has 1 N–H and O–H groups in total. The molecule has 0 bridgehead atoms. The van der Waals surface area contributed by atoms with E-state index >= 15 is 0 Å². The highest BCUT2D eigenvalue weighted by Crippen LogP contribution is 2.28. The molecular formula is C25H27N3O2S. The van der Waals surface area contributed by atoms with Crippen LogP contribution in [-0.4, -0.2) is 47.6 Å². The maximum absolute atomic E-state index is 13.2. The summed E-state index contributed by atoms with van der Waals surface area (Å²) in [5.74, 6) is -0.0920. The van der Waals surface area contributed by atoms with Gasteiger partial charge in [0.05, 0.1) is 6.61 Å². The SMILES string of the molecule is C=CCNC(=O)[C@@]1(Cc2ccc(-c3cccs3)cc2)CN(Cc2cccnc2)CCO1. The number of carbonyl (C=O) groups excluding carboxylic acids is 1. The molecule has 0 aliphatic carbocycles. The van der Waals surface area contributed by atoms with E-state index in [1.54, 1.807) is 23.6 Å². The van der Waals surface area contributed by atoms with Crippen molar-refractivity contribution < 1.29 is 9.53 Å². The van der Waals surface area contributed by atoms with Gasteiger partial charge < -0.3 is 10.1 Å². The van der Waals surface area contributed by atoms with E-state index in [0.29, 0.717) is 26.1 Å². The third-order valence-electron chi connectivity index (χ3n) is 5.46. The van der Waals surface area contributed by atoms with Gasteiger partial charge in [0.25, 0.3) is 5.91 Å². The summed E-state index contributed by atoms with van der Waals surface area (Å²) in [6.07, 6.45) is 5.86. The largest absolute Gasteiger partial charge is 0.362 e. The molecule has 4 rings (SSSR count). The van der Waals surface area contributed by atoms with Crippen molar-refractivity contribution in [1.29, 1.82) is 0 Å². The summed E-state index contributed by atoms with van der Waals surface area (Å²) in [4.78, 5) is 20.9. The molecule has 1 aliphatic rings. The molecule has 0 saturated carbocycles. The van der Waals surface area contributed by atoms with Crippen molar-refractivity contribution in [3.05, 3.63) is 90.1 Å². The van der Waals surface area contributed by atoms with Gasteiger partial charge in [0.15, 0.2) is 5.60 Å². The molecule has 0 radical (unpaired) electrons. The van der Waals surface area contributed by atoms with Gasteiger partial charge in [-0.2, -0.15) is 0 Å². The van der Waals surface area contributed by atoms with Gasteiger partial charge in [-0.15, -0.1) is 17.9 Å². The Morgan fingerprint density at radius 3 is 2.81 bits per heavy atom. The lowest BCUT2D eigenvalue weighted by atomic mass is 9.90. The molecule has 3 aromatic rings. The minimum Gasteiger partial charge on any atom is -0.362 e. The van der Waals surface area contributed by atoms with E-state index in [1.807, 2.05) is 12.3 Å². The number of amides is 1. The summed E-state index contributed by atoms with van der Waals surface area (Å²) in [6.45, 7) is 6.69. The molecule has 2 aromatic heterocycles. The highest BCUT2D eigenvalue weighted by Gasteiger charge is 2.43. The molecule has 5 nitrogen and oxygen atoms in total. The fraction of sp³-hybridized carbons (Fsp3) is 0.280. The molecule has 3 heterocycles. The smallest absolute Gasteiger partial charge is 0.254 e. The monoisotopic (exact) mass is 433 g/mol. The number of thiophene rings is 1. The average Bonchev–Trinajstić information content (AvgIpc) is 3.34. The Morgan fingerprint density at radius 2 is 2.10 bits per heavy atom. The summed E-state index contributed by atoms with van der Waals surface area (Å²) >= 11 is 1.72. The van der Waals surface area contributed by atoms with Crippen LogP contribution in [0.15, 0.2) is 79.0 Å². The molecular weight excluding hydrogens is 406 g/mol. The maximum atomic E-state index is 13.2. The molecule has 160 valence electrons. The van der Waals surface area contributed by atoms with Gasteiger partial charge in [-0.25, -0.2) is 0 Å². The van der Waals surface area contributed by atoms with E-state index in [-0.39, 0.29) is 5.91 Å². The van der Waals surface area contributed by atoms with Gasteiger partial charge in [0.1, 0.15) is 0 Å². The van der Waals surface area contributed by atoms with Crippen LogP contribution in [0.25, 0.3) is 10.4 Å². The van der Waals surface area contributed by atoms with Crippen LogP contribution in [0.3, 0.4) is 0 Å². The van der Waals surface area contributed by atoms with Crippen LogP contribution in [0.2, 0.25) is 0 Å². The summed E-state index contributed by atoms with van der Waals surface area (Å²) in [6, 6.07) is 16.6. The first-order chi connectivity index (χ1) is 15.2. The number of ether oxygens (including phenoxy) is 1. The zero-order valence-corrected chi connectivity index (χ0v) is 18.3. The third kappa shape index (κ3) is 5.28. The predicted molar refractivity (Wildman–Crippen MR) is 125 cm³/mol. The van der Waals surface area contributed by atoms with Crippen LogP contribution in [-0.2, 0) is 22.5 Å². The fourth-order valence-electron chi connectivity index (χ4n) is 3.95. The Balaban J connectivity index is 1.54. The summed E-state index contributed by atoms with van der Waals surface area (Å²) in [7, 11) is 0. The molecule has 1 saturated heterocycles. The van der Waals surface area contributed by atoms with Crippen LogP contribution in [0.4, 0.5) is 0 Å². The quantitative estimate of drug-likeness (QED) is 0.547. The summed E-state index contributed by atoms with van der Waals surface area (Å²) < 4.78 is 6.20. The second-order valence-corrected chi connectivity index (χ2v) is 8.71. The Bertz CT molecular complexity index is 989. The number of morpholine rings is 1. The van der Waals surface area contributed by atoms with E-state index in [4.69, 9.17) is 4.74 Å². The van der Waals surface area contributed by atoms with Gasteiger partial charge in [-0.3, -0.25) is 14.7 Å². The van der Waals surface area contributed by atoms with Crippen LogP contribution in [0.1, 0.15) is 11.1 Å². The van der Waals surface area contributed by atoms with E-state index in [9.17, 15) is 4.79 Å². The van der Waals surface area contributed by atoms with Crippen LogP contribution in [0, 0.1) is 0 Å². The van der Waals surface area contributed by atoms with Crippen molar-refractivity contribution in [2.75, 3.05) is 26.2 Å².